The van der Waals surface area contributed by atoms with E-state index >= 15 is 0 Å². The first kappa shape index (κ1) is 38.5. The van der Waals surface area contributed by atoms with Crippen molar-refractivity contribution in [2.75, 3.05) is 4.81 Å². The molecule has 1 aromatic heterocycles. The van der Waals surface area contributed by atoms with Crippen molar-refractivity contribution < 1.29 is 26.9 Å². The van der Waals surface area contributed by atoms with E-state index < -0.39 is 0 Å². The van der Waals surface area contributed by atoms with Crippen LogP contribution in [0.5, 0.6) is 0 Å². The van der Waals surface area contributed by atoms with Crippen molar-refractivity contribution in [3.05, 3.63) is 167 Å². The maximum absolute atomic E-state index is 4.94. The summed E-state index contributed by atoms with van der Waals surface area (Å²) in [5.41, 5.74) is 17.8. The second-order valence-electron chi connectivity index (χ2n) is 15.9. The summed E-state index contributed by atoms with van der Waals surface area (Å²) >= 11 is 0. The molecule has 3 heterocycles. The zero-order valence-corrected chi connectivity index (χ0v) is 35.3. The van der Waals surface area contributed by atoms with Gasteiger partial charge in [-0.2, -0.15) is 0 Å². The van der Waals surface area contributed by atoms with Crippen LogP contribution in [0.2, 0.25) is 0 Å². The molecule has 4 nitrogen and oxygen atoms in total. The van der Waals surface area contributed by atoms with E-state index in [9.17, 15) is 0 Å². The Morgan fingerprint density at radius 2 is 1.04 bits per heavy atom. The van der Waals surface area contributed by atoms with Crippen LogP contribution in [-0.2, 0) is 22.4 Å². The molecule has 0 unspecified atom stereocenters. The standard InChI is InChI=1S/C31H38N2.C18H12BN2.Au/c1-20(2)24-13-11-14-25(21(3)4)30(24)32-19-33(29-18-10-9-17-28(29)32)31-26(22(5)6)15-12-16-27(31)23(7)8;1-3-9-15-13(7-1)14-8-2-5-11-17(14)21-18-12-6-4-10-16(18)20-19(15)21;/h9-18,20-23H,1-8H3;1-12H;/q;-1;. The van der Waals surface area contributed by atoms with Gasteiger partial charge in [-0.1, -0.05) is 182 Å². The largest absolute Gasteiger partial charge is 0.683 e. The Balaban J connectivity index is 0.000000181. The van der Waals surface area contributed by atoms with Crippen LogP contribution < -0.4 is 14.8 Å². The molecule has 0 N–H and O–H groups in total. The predicted molar refractivity (Wildman–Crippen MR) is 229 cm³/mol. The number of hydrogen-bond donors (Lipinski definition) is 0. The molecule has 6 aromatic carbocycles. The molecule has 281 valence electrons. The summed E-state index contributed by atoms with van der Waals surface area (Å²) in [6, 6.07) is 47.9. The van der Waals surface area contributed by atoms with Crippen LogP contribution in [-0.4, -0.2) is 11.5 Å². The summed E-state index contributed by atoms with van der Waals surface area (Å²) in [6.45, 7) is 18.3. The van der Waals surface area contributed by atoms with Gasteiger partial charge in [-0.05, 0) is 63.6 Å². The zero-order chi connectivity index (χ0) is 37.7. The molecule has 0 bridgehead atoms. The van der Waals surface area contributed by atoms with Crippen LogP contribution in [0.3, 0.4) is 0 Å². The van der Waals surface area contributed by atoms with E-state index in [2.05, 4.69) is 209 Å². The van der Waals surface area contributed by atoms with Gasteiger partial charge in [0.2, 0.25) is 0 Å². The van der Waals surface area contributed by atoms with E-state index in [1.807, 2.05) is 0 Å². The van der Waals surface area contributed by atoms with Gasteiger partial charge in [-0.25, -0.2) is 0 Å². The van der Waals surface area contributed by atoms with E-state index in [1.54, 1.807) is 0 Å². The summed E-state index contributed by atoms with van der Waals surface area (Å²) in [6.07, 6.45) is 3.84. The van der Waals surface area contributed by atoms with E-state index in [0.717, 1.165) is 5.69 Å². The molecule has 2 aliphatic rings. The van der Waals surface area contributed by atoms with E-state index in [-0.39, 0.29) is 29.4 Å². The van der Waals surface area contributed by atoms with E-state index in [0.29, 0.717) is 23.7 Å². The number of aromatic nitrogens is 2. The Morgan fingerprint density at radius 1 is 0.527 bits per heavy atom. The fourth-order valence-corrected chi connectivity index (χ4v) is 8.38. The first-order chi connectivity index (χ1) is 26.2. The topological polar surface area (TPSA) is 26.1 Å². The van der Waals surface area contributed by atoms with Crippen molar-refractivity contribution in [1.29, 1.82) is 0 Å². The molecule has 0 aliphatic carbocycles. The molecule has 0 amide bonds. The fourth-order valence-electron chi connectivity index (χ4n) is 8.38. The van der Waals surface area contributed by atoms with E-state index in [4.69, 9.17) is 5.23 Å². The van der Waals surface area contributed by atoms with Crippen LogP contribution in [0.15, 0.2) is 133 Å². The number of nitrogens with zero attached hydrogens (tertiary/aromatic N) is 4. The van der Waals surface area contributed by atoms with Gasteiger partial charge in [-0.3, -0.25) is 9.13 Å². The molecule has 1 radical (unpaired) electrons. The van der Waals surface area contributed by atoms with Crippen molar-refractivity contribution in [2.24, 2.45) is 0 Å². The minimum atomic E-state index is 0. The van der Waals surface area contributed by atoms with Crippen LogP contribution in [0, 0.1) is 6.33 Å². The molecule has 0 saturated carbocycles. The zero-order valence-electron chi connectivity index (χ0n) is 33.2. The Hall–Kier alpha value is -4.80. The minimum Gasteiger partial charge on any atom is -0.683 e. The van der Waals surface area contributed by atoms with Gasteiger partial charge in [0.05, 0.1) is 22.4 Å². The van der Waals surface area contributed by atoms with Gasteiger partial charge in [0.15, 0.2) is 6.98 Å². The van der Waals surface area contributed by atoms with Crippen molar-refractivity contribution >= 4 is 40.5 Å². The Kier molecular flexibility index (Phi) is 11.0. The first-order valence-corrected chi connectivity index (χ1v) is 19.6. The van der Waals surface area contributed by atoms with Crippen molar-refractivity contribution in [1.82, 2.24) is 4.57 Å². The third-order valence-electron chi connectivity index (χ3n) is 11.0. The van der Waals surface area contributed by atoms with Crippen molar-refractivity contribution in [3.8, 4) is 22.5 Å². The van der Waals surface area contributed by atoms with Gasteiger partial charge >= 0.3 is 0 Å². The number of para-hydroxylation sites is 6. The molecule has 55 heavy (non-hydrogen) atoms. The number of rotatable bonds is 6. The Morgan fingerprint density at radius 3 is 1.67 bits per heavy atom. The minimum absolute atomic E-state index is 0. The molecule has 0 atom stereocenters. The van der Waals surface area contributed by atoms with Gasteiger partial charge in [0, 0.05) is 39.3 Å². The number of hydrogen-bond acceptors (Lipinski definition) is 1. The molecular formula is C49H50AuBN4-. The van der Waals surface area contributed by atoms with Crippen LogP contribution in [0.4, 0.5) is 17.1 Å². The molecule has 0 spiro atoms. The molecular weight excluding hydrogens is 852 g/mol. The maximum Gasteiger partial charge on any atom is 0.269 e. The molecule has 7 aromatic rings. The smallest absolute Gasteiger partial charge is 0.269 e. The maximum atomic E-state index is 4.94. The Bertz CT molecular complexity index is 2330. The number of benzene rings is 6. The SMILES string of the molecule is CC(C)c1cccc(C(C)C)c1-n1[c-][n+](-c2c(C(C)C)cccc2C(C)C)c2ccccc21.[Au].c1ccc2c(c1)[N-]B1c3ccccc3-c3ccccc3N12. The monoisotopic (exact) mass is 902 g/mol. The summed E-state index contributed by atoms with van der Waals surface area (Å²) in [5.74, 6) is 1.71. The summed E-state index contributed by atoms with van der Waals surface area (Å²) in [5, 5.41) is 4.94. The van der Waals surface area contributed by atoms with Crippen molar-refractivity contribution in [2.45, 2.75) is 79.1 Å². The second-order valence-corrected chi connectivity index (χ2v) is 15.9. The van der Waals surface area contributed by atoms with E-state index in [1.165, 1.54) is 72.6 Å². The number of imidazole rings is 1. The second kappa shape index (κ2) is 15.7. The third kappa shape index (κ3) is 6.77. The quantitative estimate of drug-likeness (QED) is 0.0928. The third-order valence-corrected chi connectivity index (χ3v) is 11.0. The summed E-state index contributed by atoms with van der Waals surface area (Å²) < 4.78 is 4.64. The van der Waals surface area contributed by atoms with Gasteiger partial charge in [0.1, 0.15) is 0 Å². The number of anilines is 2. The number of fused-ring (bicyclic) bond motifs is 9. The average molecular weight is 903 g/mol. The molecule has 6 heteroatoms. The van der Waals surface area contributed by atoms with Gasteiger partial charge < -0.3 is 10.0 Å². The molecule has 0 saturated heterocycles. The van der Waals surface area contributed by atoms with Crippen LogP contribution in [0.1, 0.15) is 101 Å². The van der Waals surface area contributed by atoms with Crippen LogP contribution in [0.25, 0.3) is 38.8 Å². The summed E-state index contributed by atoms with van der Waals surface area (Å²) in [4.78, 5) is 2.35. The molecule has 0 fully saturated rings. The first-order valence-electron chi connectivity index (χ1n) is 19.6. The van der Waals surface area contributed by atoms with Gasteiger partial charge in [0.25, 0.3) is 6.33 Å². The average Bonchev–Trinajstić information content (AvgIpc) is 3.77. The predicted octanol–water partition coefficient (Wildman–Crippen LogP) is 12.4. The van der Waals surface area contributed by atoms with Gasteiger partial charge in [-0.15, -0.1) is 5.69 Å². The normalized spacial score (nSPS) is 12.6. The van der Waals surface area contributed by atoms with Crippen molar-refractivity contribution in [3.63, 3.8) is 0 Å². The Labute approximate surface area is 343 Å². The van der Waals surface area contributed by atoms with Crippen LogP contribution >= 0.6 is 0 Å². The molecule has 2 aliphatic heterocycles. The molecule has 9 rings (SSSR count). The summed E-state index contributed by atoms with van der Waals surface area (Å²) in [7, 11) is 0. The fraction of sp³-hybridized carbons (Fsp3) is 0.245.